The molecule has 3 rings (SSSR count). The van der Waals surface area contributed by atoms with Crippen molar-refractivity contribution >= 4 is 29.9 Å². The third-order valence-corrected chi connectivity index (χ3v) is 4.30. The van der Waals surface area contributed by atoms with Crippen molar-refractivity contribution in [1.29, 1.82) is 0 Å². The van der Waals surface area contributed by atoms with Gasteiger partial charge in [-0.25, -0.2) is 0 Å². The van der Waals surface area contributed by atoms with Gasteiger partial charge in [-0.1, -0.05) is 0 Å². The molecule has 6 nitrogen and oxygen atoms in total. The van der Waals surface area contributed by atoms with Crippen LogP contribution in [0.25, 0.3) is 0 Å². The number of aryl methyl sites for hydroxylation is 1. The minimum absolute atomic E-state index is 0. The Bertz CT molecular complexity index is 665. The second-order valence-corrected chi connectivity index (χ2v) is 6.71. The van der Waals surface area contributed by atoms with Gasteiger partial charge in [0.05, 0.1) is 12.5 Å². The van der Waals surface area contributed by atoms with E-state index < -0.39 is 0 Å². The number of furan rings is 1. The maximum absolute atomic E-state index is 5.39. The van der Waals surface area contributed by atoms with Crippen molar-refractivity contribution in [3.05, 3.63) is 42.1 Å². The van der Waals surface area contributed by atoms with Crippen molar-refractivity contribution < 1.29 is 4.42 Å². The van der Waals surface area contributed by atoms with Crippen molar-refractivity contribution in [1.82, 2.24) is 20.0 Å². The molecule has 1 aliphatic rings. The summed E-state index contributed by atoms with van der Waals surface area (Å²) in [5.41, 5.74) is 1.32. The Labute approximate surface area is 166 Å². The summed E-state index contributed by atoms with van der Waals surface area (Å²) in [7, 11) is 1.97. The molecule has 0 bridgehead atoms. The zero-order valence-electron chi connectivity index (χ0n) is 15.2. The molecule has 0 aromatic carbocycles. The van der Waals surface area contributed by atoms with Gasteiger partial charge in [0.2, 0.25) is 0 Å². The van der Waals surface area contributed by atoms with E-state index in [2.05, 4.69) is 35.4 Å². The predicted octanol–water partition coefficient (Wildman–Crippen LogP) is 3.02. The fourth-order valence-electron chi connectivity index (χ4n) is 3.10. The number of likely N-dealkylation sites (tertiary alicyclic amines) is 1. The topological polar surface area (TPSA) is 58.6 Å². The van der Waals surface area contributed by atoms with Gasteiger partial charge >= 0.3 is 0 Å². The van der Waals surface area contributed by atoms with Gasteiger partial charge in [-0.2, -0.15) is 5.10 Å². The molecule has 1 atom stereocenters. The van der Waals surface area contributed by atoms with E-state index in [1.54, 1.807) is 6.26 Å². The molecule has 0 spiro atoms. The van der Waals surface area contributed by atoms with E-state index in [0.717, 1.165) is 44.2 Å². The molecule has 25 heavy (non-hydrogen) atoms. The maximum atomic E-state index is 5.39. The first-order chi connectivity index (χ1) is 11.6. The van der Waals surface area contributed by atoms with Crippen LogP contribution in [0, 0.1) is 0 Å². The molecule has 0 saturated carbocycles. The van der Waals surface area contributed by atoms with Crippen molar-refractivity contribution in [2.75, 3.05) is 19.6 Å². The van der Waals surface area contributed by atoms with Gasteiger partial charge in [-0.3, -0.25) is 9.67 Å². The SMILES string of the molecule is CC(C)NC(=NCCc1ccco1)N1CCC(c2cnn(C)c2)C1.I. The number of nitrogens with zero attached hydrogens (tertiary/aromatic N) is 4. The van der Waals surface area contributed by atoms with Gasteiger partial charge < -0.3 is 14.6 Å². The summed E-state index contributed by atoms with van der Waals surface area (Å²) in [6.07, 6.45) is 7.79. The molecule has 2 aromatic heterocycles. The lowest BCUT2D eigenvalue weighted by molar-refractivity contribution is 0.472. The molecule has 1 N–H and O–H groups in total. The Morgan fingerprint density at radius 1 is 1.48 bits per heavy atom. The van der Waals surface area contributed by atoms with Crippen LogP contribution < -0.4 is 5.32 Å². The fourth-order valence-corrected chi connectivity index (χ4v) is 3.10. The van der Waals surface area contributed by atoms with E-state index >= 15 is 0 Å². The molecule has 1 unspecified atom stereocenters. The van der Waals surface area contributed by atoms with Gasteiger partial charge in [-0.15, -0.1) is 24.0 Å². The Morgan fingerprint density at radius 2 is 2.32 bits per heavy atom. The normalized spacial score (nSPS) is 17.8. The fraction of sp³-hybridized carbons (Fsp3) is 0.556. The average molecular weight is 457 g/mol. The van der Waals surface area contributed by atoms with Crippen molar-refractivity contribution in [3.63, 3.8) is 0 Å². The average Bonchev–Trinajstić information content (AvgIpc) is 3.26. The molecular formula is C18H28IN5O. The zero-order valence-corrected chi connectivity index (χ0v) is 17.5. The van der Waals surface area contributed by atoms with Gasteiger partial charge in [0.1, 0.15) is 5.76 Å². The van der Waals surface area contributed by atoms with Crippen LogP contribution in [0.1, 0.15) is 37.5 Å². The van der Waals surface area contributed by atoms with Crippen LogP contribution in [0.3, 0.4) is 0 Å². The van der Waals surface area contributed by atoms with E-state index in [4.69, 9.17) is 9.41 Å². The van der Waals surface area contributed by atoms with Gasteiger partial charge in [-0.05, 0) is 38.0 Å². The Hall–Kier alpha value is -1.51. The summed E-state index contributed by atoms with van der Waals surface area (Å²) in [4.78, 5) is 7.17. The third kappa shape index (κ3) is 5.49. The van der Waals surface area contributed by atoms with E-state index in [0.29, 0.717) is 12.0 Å². The molecule has 7 heteroatoms. The minimum atomic E-state index is 0. The van der Waals surface area contributed by atoms with Crippen molar-refractivity contribution in [2.45, 2.75) is 38.6 Å². The highest BCUT2D eigenvalue weighted by Gasteiger charge is 2.27. The summed E-state index contributed by atoms with van der Waals surface area (Å²) < 4.78 is 7.26. The number of rotatable bonds is 5. The van der Waals surface area contributed by atoms with Crippen LogP contribution >= 0.6 is 24.0 Å². The van der Waals surface area contributed by atoms with Crippen molar-refractivity contribution in [3.8, 4) is 0 Å². The minimum Gasteiger partial charge on any atom is -0.469 e. The second-order valence-electron chi connectivity index (χ2n) is 6.71. The number of aromatic nitrogens is 2. The molecule has 2 aromatic rings. The summed E-state index contributed by atoms with van der Waals surface area (Å²) in [5.74, 6) is 2.52. The molecule has 1 saturated heterocycles. The third-order valence-electron chi connectivity index (χ3n) is 4.30. The quantitative estimate of drug-likeness (QED) is 0.426. The van der Waals surface area contributed by atoms with Gasteiger partial charge in [0.15, 0.2) is 5.96 Å². The van der Waals surface area contributed by atoms with Crippen LogP contribution in [-0.4, -0.2) is 46.3 Å². The van der Waals surface area contributed by atoms with Gasteiger partial charge in [0.25, 0.3) is 0 Å². The Balaban J connectivity index is 0.00000225. The first-order valence-corrected chi connectivity index (χ1v) is 8.68. The highest BCUT2D eigenvalue weighted by Crippen LogP contribution is 2.26. The first-order valence-electron chi connectivity index (χ1n) is 8.68. The second kappa shape index (κ2) is 9.26. The summed E-state index contributed by atoms with van der Waals surface area (Å²) in [5, 5.41) is 7.80. The smallest absolute Gasteiger partial charge is 0.194 e. The molecule has 0 aliphatic carbocycles. The Kier molecular flexibility index (Phi) is 7.34. The van der Waals surface area contributed by atoms with Crippen LogP contribution in [0.15, 0.2) is 40.2 Å². The van der Waals surface area contributed by atoms with Crippen LogP contribution in [-0.2, 0) is 13.5 Å². The highest BCUT2D eigenvalue weighted by molar-refractivity contribution is 14.0. The zero-order chi connectivity index (χ0) is 16.9. The molecule has 0 amide bonds. The number of hydrogen-bond donors (Lipinski definition) is 1. The van der Waals surface area contributed by atoms with E-state index in [1.807, 2.05) is 30.1 Å². The number of guanidine groups is 1. The van der Waals surface area contributed by atoms with E-state index in [1.165, 1.54) is 5.56 Å². The standard InChI is InChI=1S/C18H27N5O.HI/c1-14(2)21-18(19-8-6-17-5-4-10-24-17)23-9-7-15(13-23)16-11-20-22(3)12-16;/h4-5,10-12,14-15H,6-9,13H2,1-3H3,(H,19,21);1H. The summed E-state index contributed by atoms with van der Waals surface area (Å²) in [6, 6.07) is 4.29. The maximum Gasteiger partial charge on any atom is 0.194 e. The largest absolute Gasteiger partial charge is 0.469 e. The number of halogens is 1. The van der Waals surface area contributed by atoms with Crippen LogP contribution in [0.2, 0.25) is 0 Å². The summed E-state index contributed by atoms with van der Waals surface area (Å²) >= 11 is 0. The monoisotopic (exact) mass is 457 g/mol. The highest BCUT2D eigenvalue weighted by atomic mass is 127. The molecule has 3 heterocycles. The lowest BCUT2D eigenvalue weighted by Gasteiger charge is -2.24. The number of aliphatic imine (C=N–C) groups is 1. The van der Waals surface area contributed by atoms with Crippen LogP contribution in [0.5, 0.6) is 0 Å². The first kappa shape index (κ1) is 19.8. The predicted molar refractivity (Wildman–Crippen MR) is 111 cm³/mol. The Morgan fingerprint density at radius 3 is 2.96 bits per heavy atom. The lowest BCUT2D eigenvalue weighted by atomic mass is 10.0. The molecule has 138 valence electrons. The number of nitrogens with one attached hydrogen (secondary N) is 1. The van der Waals surface area contributed by atoms with Crippen LogP contribution in [0.4, 0.5) is 0 Å². The van der Waals surface area contributed by atoms with Crippen molar-refractivity contribution in [2.24, 2.45) is 12.0 Å². The molecule has 0 radical (unpaired) electrons. The molecule has 1 fully saturated rings. The summed E-state index contributed by atoms with van der Waals surface area (Å²) in [6.45, 7) is 7.05. The van der Waals surface area contributed by atoms with Gasteiger partial charge in [0, 0.05) is 51.3 Å². The molecule has 1 aliphatic heterocycles. The molecular weight excluding hydrogens is 429 g/mol. The van der Waals surface area contributed by atoms with E-state index in [9.17, 15) is 0 Å². The number of hydrogen-bond acceptors (Lipinski definition) is 3. The van der Waals surface area contributed by atoms with E-state index in [-0.39, 0.29) is 24.0 Å². The lowest BCUT2D eigenvalue weighted by Crippen LogP contribution is -2.43.